The number of rotatable bonds is 8. The second-order valence-corrected chi connectivity index (χ2v) is 8.95. The Bertz CT molecular complexity index is 866. The Morgan fingerprint density at radius 1 is 1.10 bits per heavy atom. The van der Waals surface area contributed by atoms with Crippen molar-refractivity contribution in [3.63, 3.8) is 0 Å². The van der Waals surface area contributed by atoms with Gasteiger partial charge in [-0.15, -0.1) is 0 Å². The van der Waals surface area contributed by atoms with Crippen LogP contribution in [-0.2, 0) is 16.0 Å². The summed E-state index contributed by atoms with van der Waals surface area (Å²) < 4.78 is 5.60. The summed E-state index contributed by atoms with van der Waals surface area (Å²) in [5.74, 6) is -0.147. The third-order valence-electron chi connectivity index (χ3n) is 4.39. The van der Waals surface area contributed by atoms with Gasteiger partial charge in [-0.3, -0.25) is 9.59 Å². The zero-order chi connectivity index (χ0) is 22.3. The number of hydrogen-bond acceptors (Lipinski definition) is 3. The van der Waals surface area contributed by atoms with Crippen LogP contribution in [0.25, 0.3) is 0 Å². The molecule has 2 aromatic rings. The Morgan fingerprint density at radius 3 is 2.37 bits per heavy atom. The molecule has 2 aromatic carbocycles. The summed E-state index contributed by atoms with van der Waals surface area (Å²) >= 11 is 12.0. The molecule has 0 bridgehead atoms. The Morgan fingerprint density at radius 2 is 1.77 bits per heavy atom. The van der Waals surface area contributed by atoms with Gasteiger partial charge in [-0.1, -0.05) is 53.5 Å². The Balaban J connectivity index is 2.11. The normalized spacial score (nSPS) is 12.2. The molecule has 2 rings (SSSR count). The second kappa shape index (κ2) is 10.7. The number of nitrogens with zero attached hydrogens (tertiary/aromatic N) is 1. The van der Waals surface area contributed by atoms with Crippen LogP contribution < -0.4 is 10.1 Å². The van der Waals surface area contributed by atoms with Gasteiger partial charge < -0.3 is 15.0 Å². The van der Waals surface area contributed by atoms with Gasteiger partial charge >= 0.3 is 0 Å². The molecule has 0 spiro atoms. The van der Waals surface area contributed by atoms with Gasteiger partial charge in [0.15, 0.2) is 6.61 Å². The average Bonchev–Trinajstić information content (AvgIpc) is 2.66. The van der Waals surface area contributed by atoms with Crippen LogP contribution in [0.3, 0.4) is 0 Å². The first-order valence-corrected chi connectivity index (χ1v) is 10.6. The molecule has 0 radical (unpaired) electrons. The quantitative estimate of drug-likeness (QED) is 0.631. The number of amides is 2. The van der Waals surface area contributed by atoms with Gasteiger partial charge in [0, 0.05) is 17.1 Å². The van der Waals surface area contributed by atoms with E-state index in [1.54, 1.807) is 25.1 Å². The molecule has 30 heavy (non-hydrogen) atoms. The molecule has 0 saturated heterocycles. The number of halogens is 2. The lowest BCUT2D eigenvalue weighted by Crippen LogP contribution is -2.53. The molecular formula is C23H28Cl2N2O3. The van der Waals surface area contributed by atoms with Crippen molar-refractivity contribution < 1.29 is 14.3 Å². The van der Waals surface area contributed by atoms with E-state index in [0.29, 0.717) is 28.8 Å². The Labute approximate surface area is 188 Å². The maximum Gasteiger partial charge on any atom is 0.261 e. The second-order valence-electron chi connectivity index (χ2n) is 8.10. The largest absolute Gasteiger partial charge is 0.482 e. The summed E-state index contributed by atoms with van der Waals surface area (Å²) in [4.78, 5) is 27.2. The predicted octanol–water partition coefficient (Wildman–Crippen LogP) is 4.75. The molecule has 0 fully saturated rings. The van der Waals surface area contributed by atoms with Crippen molar-refractivity contribution in [2.75, 3.05) is 13.2 Å². The smallest absolute Gasteiger partial charge is 0.261 e. The molecule has 0 saturated carbocycles. The highest BCUT2D eigenvalue weighted by atomic mass is 35.5. The lowest BCUT2D eigenvalue weighted by atomic mass is 10.1. The maximum atomic E-state index is 13.0. The SMILES string of the molecule is CC(C(=O)NC(C)(C)C)N(CCc1ccccc1)C(=O)COc1ccc(Cl)cc1Cl. The molecule has 1 unspecified atom stereocenters. The molecule has 7 heteroatoms. The Kier molecular flexibility index (Phi) is 8.56. The number of carbonyl (C=O) groups excluding carboxylic acids is 2. The van der Waals surface area contributed by atoms with Crippen molar-refractivity contribution >= 4 is 35.0 Å². The van der Waals surface area contributed by atoms with Crippen LogP contribution in [0.2, 0.25) is 10.0 Å². The molecule has 1 atom stereocenters. The van der Waals surface area contributed by atoms with E-state index in [4.69, 9.17) is 27.9 Å². The van der Waals surface area contributed by atoms with Crippen molar-refractivity contribution in [3.05, 3.63) is 64.1 Å². The zero-order valence-corrected chi connectivity index (χ0v) is 19.3. The highest BCUT2D eigenvalue weighted by Gasteiger charge is 2.28. The van der Waals surface area contributed by atoms with E-state index in [1.165, 1.54) is 4.90 Å². The van der Waals surface area contributed by atoms with E-state index in [-0.39, 0.29) is 18.4 Å². The summed E-state index contributed by atoms with van der Waals surface area (Å²) in [6.45, 7) is 7.58. The van der Waals surface area contributed by atoms with Gasteiger partial charge in [0.2, 0.25) is 5.91 Å². The van der Waals surface area contributed by atoms with E-state index < -0.39 is 11.6 Å². The minimum absolute atomic E-state index is 0.214. The van der Waals surface area contributed by atoms with Crippen molar-refractivity contribution in [3.8, 4) is 5.75 Å². The molecule has 0 aliphatic heterocycles. The molecule has 5 nitrogen and oxygen atoms in total. The highest BCUT2D eigenvalue weighted by molar-refractivity contribution is 6.35. The molecule has 0 aliphatic rings. The van der Waals surface area contributed by atoms with E-state index in [9.17, 15) is 9.59 Å². The highest BCUT2D eigenvalue weighted by Crippen LogP contribution is 2.27. The van der Waals surface area contributed by atoms with Crippen LogP contribution in [0.5, 0.6) is 5.75 Å². The molecule has 0 aliphatic carbocycles. The van der Waals surface area contributed by atoms with Gasteiger partial charge in [-0.2, -0.15) is 0 Å². The summed E-state index contributed by atoms with van der Waals surface area (Å²) in [7, 11) is 0. The molecule has 0 heterocycles. The van der Waals surface area contributed by atoms with Crippen LogP contribution in [0.1, 0.15) is 33.3 Å². The van der Waals surface area contributed by atoms with Crippen LogP contribution in [0, 0.1) is 0 Å². The van der Waals surface area contributed by atoms with Crippen LogP contribution in [0.15, 0.2) is 48.5 Å². The fraction of sp³-hybridized carbons (Fsp3) is 0.391. The van der Waals surface area contributed by atoms with Crippen molar-refractivity contribution in [1.82, 2.24) is 10.2 Å². The van der Waals surface area contributed by atoms with E-state index in [1.807, 2.05) is 51.1 Å². The Hall–Kier alpha value is -2.24. The first-order valence-electron chi connectivity index (χ1n) is 9.80. The number of ether oxygens (including phenoxy) is 1. The fourth-order valence-electron chi connectivity index (χ4n) is 2.86. The predicted molar refractivity (Wildman–Crippen MR) is 121 cm³/mol. The van der Waals surface area contributed by atoms with Gasteiger partial charge in [-0.25, -0.2) is 0 Å². The third-order valence-corrected chi connectivity index (χ3v) is 4.93. The lowest BCUT2D eigenvalue weighted by molar-refractivity contribution is -0.142. The maximum absolute atomic E-state index is 13.0. The minimum Gasteiger partial charge on any atom is -0.482 e. The lowest BCUT2D eigenvalue weighted by Gasteiger charge is -2.31. The van der Waals surface area contributed by atoms with E-state index in [0.717, 1.165) is 5.56 Å². The minimum atomic E-state index is -0.648. The van der Waals surface area contributed by atoms with E-state index in [2.05, 4.69) is 5.32 Å². The zero-order valence-electron chi connectivity index (χ0n) is 17.7. The number of nitrogens with one attached hydrogen (secondary N) is 1. The van der Waals surface area contributed by atoms with Crippen LogP contribution >= 0.6 is 23.2 Å². The van der Waals surface area contributed by atoms with Crippen LogP contribution in [0.4, 0.5) is 0 Å². The first kappa shape index (κ1) is 24.0. The standard InChI is InChI=1S/C23H28Cl2N2O3/c1-16(22(29)26-23(2,3)4)27(13-12-17-8-6-5-7-9-17)21(28)15-30-20-11-10-18(24)14-19(20)25/h5-11,14,16H,12-13,15H2,1-4H3,(H,26,29). The van der Waals surface area contributed by atoms with Gasteiger partial charge in [-0.05, 0) is 57.9 Å². The monoisotopic (exact) mass is 450 g/mol. The molecule has 2 amide bonds. The number of benzene rings is 2. The van der Waals surface area contributed by atoms with Gasteiger partial charge in [0.1, 0.15) is 11.8 Å². The number of hydrogen-bond donors (Lipinski definition) is 1. The average molecular weight is 451 g/mol. The third kappa shape index (κ3) is 7.54. The van der Waals surface area contributed by atoms with Crippen molar-refractivity contribution in [1.29, 1.82) is 0 Å². The van der Waals surface area contributed by atoms with Crippen molar-refractivity contribution in [2.24, 2.45) is 0 Å². The first-order chi connectivity index (χ1) is 14.1. The molecule has 162 valence electrons. The summed E-state index contributed by atoms with van der Waals surface area (Å²) in [5.41, 5.74) is 0.688. The van der Waals surface area contributed by atoms with E-state index >= 15 is 0 Å². The van der Waals surface area contributed by atoms with Crippen LogP contribution in [-0.4, -0.2) is 41.4 Å². The van der Waals surface area contributed by atoms with Gasteiger partial charge in [0.05, 0.1) is 5.02 Å². The van der Waals surface area contributed by atoms with Gasteiger partial charge in [0.25, 0.3) is 5.91 Å². The molecular weight excluding hydrogens is 423 g/mol. The molecule has 0 aromatic heterocycles. The summed E-state index contributed by atoms with van der Waals surface area (Å²) in [6.07, 6.45) is 0.626. The number of carbonyl (C=O) groups is 2. The van der Waals surface area contributed by atoms with Crippen molar-refractivity contribution in [2.45, 2.75) is 45.7 Å². The summed E-state index contributed by atoms with van der Waals surface area (Å²) in [6, 6.07) is 14.0. The summed E-state index contributed by atoms with van der Waals surface area (Å²) in [5, 5.41) is 3.74. The fourth-order valence-corrected chi connectivity index (χ4v) is 3.32. The molecule has 1 N–H and O–H groups in total. The topological polar surface area (TPSA) is 58.6 Å².